The van der Waals surface area contributed by atoms with Crippen molar-refractivity contribution in [2.24, 2.45) is 10.7 Å². The van der Waals surface area contributed by atoms with E-state index in [0.717, 1.165) is 32.3 Å². The molecule has 4 aromatic rings. The van der Waals surface area contributed by atoms with Crippen molar-refractivity contribution in [3.8, 4) is 11.1 Å². The average molecular weight is 461 g/mol. The van der Waals surface area contributed by atoms with E-state index in [2.05, 4.69) is 21.9 Å². The molecule has 0 aliphatic rings. The molecule has 0 saturated carbocycles. The van der Waals surface area contributed by atoms with E-state index in [4.69, 9.17) is 5.73 Å². The van der Waals surface area contributed by atoms with Crippen LogP contribution in [0.15, 0.2) is 78.4 Å². The first-order valence-corrected chi connectivity index (χ1v) is 11.0. The van der Waals surface area contributed by atoms with Crippen LogP contribution in [0.1, 0.15) is 16.0 Å². The number of nitrogens with zero attached hydrogens (tertiary/aromatic N) is 2. The van der Waals surface area contributed by atoms with Crippen LogP contribution in [0.25, 0.3) is 32.7 Å². The zero-order chi connectivity index (χ0) is 23.5. The predicted octanol–water partition coefficient (Wildman–Crippen LogP) is 6.14. The summed E-state index contributed by atoms with van der Waals surface area (Å²) >= 11 is 1.45. The highest BCUT2D eigenvalue weighted by molar-refractivity contribution is 7.19. The largest absolute Gasteiger partial charge is 0.398 e. The van der Waals surface area contributed by atoms with E-state index < -0.39 is 11.6 Å². The number of thiophene rings is 1. The molecule has 0 saturated heterocycles. The van der Waals surface area contributed by atoms with Gasteiger partial charge >= 0.3 is 0 Å². The second-order valence-electron chi connectivity index (χ2n) is 7.48. The average Bonchev–Trinajstić information content (AvgIpc) is 3.22. The molecule has 2 aromatic heterocycles. The quantitative estimate of drug-likeness (QED) is 0.278. The molecular formula is C26H22F2N4S. The van der Waals surface area contributed by atoms with Gasteiger partial charge in [-0.25, -0.2) is 13.8 Å². The maximum Gasteiger partial charge on any atom is 0.133 e. The zero-order valence-electron chi connectivity index (χ0n) is 18.2. The number of aryl methyl sites for hydroxylation is 1. The van der Waals surface area contributed by atoms with Gasteiger partial charge in [0.1, 0.15) is 22.3 Å². The Morgan fingerprint density at radius 1 is 1.15 bits per heavy atom. The van der Waals surface area contributed by atoms with Crippen molar-refractivity contribution in [2.45, 2.75) is 6.92 Å². The Hall–Kier alpha value is -3.84. The van der Waals surface area contributed by atoms with Crippen LogP contribution in [0, 0.1) is 18.6 Å². The van der Waals surface area contributed by atoms with Crippen molar-refractivity contribution in [3.05, 3.63) is 101 Å². The van der Waals surface area contributed by atoms with E-state index in [1.54, 1.807) is 19.3 Å². The molecule has 0 unspecified atom stereocenters. The maximum absolute atomic E-state index is 14.2. The van der Waals surface area contributed by atoms with E-state index in [1.165, 1.54) is 23.5 Å². The van der Waals surface area contributed by atoms with Crippen molar-refractivity contribution >= 4 is 38.8 Å². The summed E-state index contributed by atoms with van der Waals surface area (Å²) in [6.45, 7) is 6.13. The summed E-state index contributed by atoms with van der Waals surface area (Å²) in [6.07, 6.45) is 3.36. The number of nitrogens with one attached hydrogen (secondary N) is 1. The number of nitrogens with two attached hydrogens (primary N) is 1. The van der Waals surface area contributed by atoms with Crippen LogP contribution in [-0.2, 0) is 0 Å². The van der Waals surface area contributed by atoms with Crippen LogP contribution in [-0.4, -0.2) is 17.9 Å². The lowest BCUT2D eigenvalue weighted by molar-refractivity contribution is 0.585. The molecule has 2 aromatic carbocycles. The lowest BCUT2D eigenvalue weighted by Crippen LogP contribution is -2.20. The number of amidine groups is 1. The number of hydrogen-bond acceptors (Lipinski definition) is 4. The van der Waals surface area contributed by atoms with Crippen molar-refractivity contribution < 1.29 is 8.78 Å². The van der Waals surface area contributed by atoms with Crippen LogP contribution in [0.5, 0.6) is 0 Å². The van der Waals surface area contributed by atoms with Gasteiger partial charge in [-0.1, -0.05) is 30.8 Å². The van der Waals surface area contributed by atoms with Crippen LogP contribution in [0.4, 0.5) is 8.78 Å². The molecule has 7 heteroatoms. The number of fused-ring (bicyclic) bond motifs is 1. The zero-order valence-corrected chi connectivity index (χ0v) is 19.0. The molecule has 33 heavy (non-hydrogen) atoms. The minimum atomic E-state index is -0.625. The topological polar surface area (TPSA) is 63.3 Å². The molecule has 2 heterocycles. The van der Waals surface area contributed by atoms with Crippen LogP contribution in [0.2, 0.25) is 0 Å². The molecule has 0 bridgehead atoms. The Morgan fingerprint density at radius 2 is 1.94 bits per heavy atom. The molecule has 0 radical (unpaired) electrons. The van der Waals surface area contributed by atoms with Gasteiger partial charge in [-0.15, -0.1) is 11.3 Å². The summed E-state index contributed by atoms with van der Waals surface area (Å²) in [4.78, 5) is 10.4. The summed E-state index contributed by atoms with van der Waals surface area (Å²) < 4.78 is 27.4. The fourth-order valence-electron chi connectivity index (χ4n) is 3.45. The first kappa shape index (κ1) is 22.4. The number of rotatable bonds is 5. The molecule has 0 fully saturated rings. The van der Waals surface area contributed by atoms with Crippen LogP contribution in [0.3, 0.4) is 0 Å². The number of benzene rings is 2. The van der Waals surface area contributed by atoms with Crippen molar-refractivity contribution in [1.29, 1.82) is 0 Å². The first-order valence-electron chi connectivity index (χ1n) is 10.2. The summed E-state index contributed by atoms with van der Waals surface area (Å²) in [6, 6.07) is 15.1. The lowest BCUT2D eigenvalue weighted by atomic mass is 10.1. The standard InChI is InChI=1S/C26H22F2N4S/c1-15-6-4-5-7-20(15)23(29)13-25(30-3)32-16(2)24-11-17-10-18(14-31-26(17)33-24)21-9-8-19(27)12-22(21)28/h4-14H,2,29H2,1,3H3,(H,30,32)/b23-13-. The van der Waals surface area contributed by atoms with E-state index in [0.29, 0.717) is 28.4 Å². The molecule has 4 rings (SSSR count). The summed E-state index contributed by atoms with van der Waals surface area (Å²) in [5.74, 6) is -0.671. The monoisotopic (exact) mass is 460 g/mol. The van der Waals surface area contributed by atoms with Gasteiger partial charge in [-0.05, 0) is 36.8 Å². The fourth-order valence-corrected chi connectivity index (χ4v) is 4.36. The highest BCUT2D eigenvalue weighted by Crippen LogP contribution is 2.32. The SMILES string of the molecule is C=C(NC(/C=C(\N)c1ccccc1C)=NC)c1cc2cc(-c3ccc(F)cc3F)cnc2s1. The third kappa shape index (κ3) is 4.83. The van der Waals surface area contributed by atoms with Crippen LogP contribution >= 0.6 is 11.3 Å². The van der Waals surface area contributed by atoms with Gasteiger partial charge in [0.05, 0.1) is 4.88 Å². The van der Waals surface area contributed by atoms with Crippen LogP contribution < -0.4 is 11.1 Å². The Labute approximate surface area is 194 Å². The summed E-state index contributed by atoms with van der Waals surface area (Å²) in [5.41, 5.74) is 10.4. The second kappa shape index (κ2) is 9.34. The molecule has 4 nitrogen and oxygen atoms in total. The number of aliphatic imine (C=N–C) groups is 1. The predicted molar refractivity (Wildman–Crippen MR) is 134 cm³/mol. The molecule has 166 valence electrons. The van der Waals surface area contributed by atoms with E-state index in [1.807, 2.05) is 43.3 Å². The van der Waals surface area contributed by atoms with Crippen molar-refractivity contribution in [1.82, 2.24) is 10.3 Å². The Morgan fingerprint density at radius 3 is 2.67 bits per heavy atom. The van der Waals surface area contributed by atoms with Gasteiger partial charge in [0.15, 0.2) is 0 Å². The highest BCUT2D eigenvalue weighted by atomic mass is 32.1. The molecule has 0 aliphatic heterocycles. The number of aromatic nitrogens is 1. The van der Waals surface area contributed by atoms with E-state index >= 15 is 0 Å². The van der Waals surface area contributed by atoms with Crippen molar-refractivity contribution in [2.75, 3.05) is 7.05 Å². The molecule has 0 atom stereocenters. The Balaban J connectivity index is 1.57. The van der Waals surface area contributed by atoms with Gasteiger partial charge < -0.3 is 11.1 Å². The smallest absolute Gasteiger partial charge is 0.133 e. The van der Waals surface area contributed by atoms with Gasteiger partial charge in [0.2, 0.25) is 0 Å². The number of pyridine rings is 1. The number of halogens is 2. The van der Waals surface area contributed by atoms with Crippen molar-refractivity contribution in [3.63, 3.8) is 0 Å². The summed E-state index contributed by atoms with van der Waals surface area (Å²) in [5, 5.41) is 4.04. The third-order valence-electron chi connectivity index (χ3n) is 5.18. The van der Waals surface area contributed by atoms with Gasteiger partial charge in [0.25, 0.3) is 0 Å². The third-order valence-corrected chi connectivity index (χ3v) is 6.30. The Kier molecular flexibility index (Phi) is 6.33. The van der Waals surface area contributed by atoms with Gasteiger partial charge in [-0.2, -0.15) is 0 Å². The maximum atomic E-state index is 14.2. The molecule has 0 aliphatic carbocycles. The minimum Gasteiger partial charge on any atom is -0.398 e. The fraction of sp³-hybridized carbons (Fsp3) is 0.0769. The molecule has 3 N–H and O–H groups in total. The molecular weight excluding hydrogens is 438 g/mol. The molecule has 0 spiro atoms. The van der Waals surface area contributed by atoms with E-state index in [-0.39, 0.29) is 0 Å². The van der Waals surface area contributed by atoms with E-state index in [9.17, 15) is 8.78 Å². The van der Waals surface area contributed by atoms with Gasteiger partial charge in [0, 0.05) is 58.9 Å². The first-order chi connectivity index (χ1) is 15.9. The minimum absolute atomic E-state index is 0.299. The Bertz CT molecular complexity index is 1420. The second-order valence-corrected chi connectivity index (χ2v) is 8.51. The lowest BCUT2D eigenvalue weighted by Gasteiger charge is -2.10. The molecule has 0 amide bonds. The number of hydrogen-bond donors (Lipinski definition) is 2. The summed E-state index contributed by atoms with van der Waals surface area (Å²) in [7, 11) is 1.67. The highest BCUT2D eigenvalue weighted by Gasteiger charge is 2.12. The van der Waals surface area contributed by atoms with Gasteiger partial charge in [-0.3, -0.25) is 4.99 Å². The normalized spacial score (nSPS) is 12.2.